The van der Waals surface area contributed by atoms with E-state index in [4.69, 9.17) is 14.2 Å². The Bertz CT molecular complexity index is 851. The van der Waals surface area contributed by atoms with Crippen LogP contribution in [0.2, 0.25) is 0 Å². The van der Waals surface area contributed by atoms with Crippen molar-refractivity contribution in [1.82, 2.24) is 5.32 Å². The maximum Gasteiger partial charge on any atom is 0.335 e. The Labute approximate surface area is 176 Å². The van der Waals surface area contributed by atoms with Crippen molar-refractivity contribution in [3.63, 3.8) is 0 Å². The van der Waals surface area contributed by atoms with Gasteiger partial charge in [0.05, 0.1) is 26.4 Å². The van der Waals surface area contributed by atoms with Crippen LogP contribution in [-0.4, -0.2) is 38.8 Å². The highest BCUT2D eigenvalue weighted by atomic mass is 19.1. The number of nitrogens with one attached hydrogen (secondary N) is 1. The molecular formula is C23H28FNO5. The Hall–Kier alpha value is -2.93. The topological polar surface area (TPSA) is 73.9 Å². The second-order valence-corrected chi connectivity index (χ2v) is 7.29. The molecule has 162 valence electrons. The van der Waals surface area contributed by atoms with Crippen LogP contribution in [0.4, 0.5) is 4.39 Å². The van der Waals surface area contributed by atoms with E-state index in [-0.39, 0.29) is 30.6 Å². The molecule has 7 heteroatoms. The van der Waals surface area contributed by atoms with Crippen LogP contribution in [-0.2, 0) is 27.2 Å². The first-order valence-electron chi connectivity index (χ1n) is 9.73. The predicted molar refractivity (Wildman–Crippen MR) is 111 cm³/mol. The van der Waals surface area contributed by atoms with E-state index in [9.17, 15) is 14.0 Å². The van der Waals surface area contributed by atoms with Gasteiger partial charge in [-0.05, 0) is 41.3 Å². The summed E-state index contributed by atoms with van der Waals surface area (Å²) in [5, 5.41) is 2.80. The average Bonchev–Trinajstić information content (AvgIpc) is 2.75. The molecule has 30 heavy (non-hydrogen) atoms. The molecule has 1 unspecified atom stereocenters. The quantitative estimate of drug-likeness (QED) is 0.599. The average molecular weight is 417 g/mol. The van der Waals surface area contributed by atoms with Gasteiger partial charge < -0.3 is 19.5 Å². The molecule has 0 fully saturated rings. The smallest absolute Gasteiger partial charge is 0.335 e. The summed E-state index contributed by atoms with van der Waals surface area (Å²) in [6.07, 6.45) is -0.498. The Morgan fingerprint density at radius 1 is 1.03 bits per heavy atom. The molecule has 0 aliphatic carbocycles. The molecule has 0 saturated carbocycles. The molecule has 2 aromatic rings. The molecule has 2 rings (SSSR count). The van der Waals surface area contributed by atoms with E-state index in [1.165, 1.54) is 26.4 Å². The van der Waals surface area contributed by atoms with Gasteiger partial charge in [-0.25, -0.2) is 9.18 Å². The van der Waals surface area contributed by atoms with Crippen LogP contribution >= 0.6 is 0 Å². The highest BCUT2D eigenvalue weighted by molar-refractivity contribution is 5.97. The van der Waals surface area contributed by atoms with Crippen molar-refractivity contribution in [2.24, 2.45) is 5.92 Å². The SMILES string of the molecule is COC(=O)C(Cc1ccc(OC)c(C(=O)NCc2ccc(F)cc2)c1)OCC(C)C. The van der Waals surface area contributed by atoms with E-state index >= 15 is 0 Å². The summed E-state index contributed by atoms with van der Waals surface area (Å²) in [7, 11) is 2.80. The van der Waals surface area contributed by atoms with Crippen LogP contribution in [0.15, 0.2) is 42.5 Å². The zero-order valence-electron chi connectivity index (χ0n) is 17.7. The number of ether oxygens (including phenoxy) is 3. The van der Waals surface area contributed by atoms with Crippen molar-refractivity contribution in [3.05, 3.63) is 65.0 Å². The molecule has 6 nitrogen and oxygen atoms in total. The van der Waals surface area contributed by atoms with Crippen LogP contribution in [0, 0.1) is 11.7 Å². The van der Waals surface area contributed by atoms with E-state index in [2.05, 4.69) is 5.32 Å². The fourth-order valence-corrected chi connectivity index (χ4v) is 2.80. The first-order chi connectivity index (χ1) is 14.3. The van der Waals surface area contributed by atoms with Crippen LogP contribution in [0.1, 0.15) is 35.3 Å². The summed E-state index contributed by atoms with van der Waals surface area (Å²) in [4.78, 5) is 24.8. The maximum absolute atomic E-state index is 13.0. The van der Waals surface area contributed by atoms with Crippen LogP contribution in [0.5, 0.6) is 5.75 Å². The Morgan fingerprint density at radius 2 is 1.70 bits per heavy atom. The summed E-state index contributed by atoms with van der Waals surface area (Å²) in [6.45, 7) is 4.65. The van der Waals surface area contributed by atoms with Gasteiger partial charge in [-0.3, -0.25) is 4.79 Å². The molecule has 1 N–H and O–H groups in total. The fourth-order valence-electron chi connectivity index (χ4n) is 2.80. The zero-order chi connectivity index (χ0) is 22.1. The van der Waals surface area contributed by atoms with Crippen molar-refractivity contribution in [2.45, 2.75) is 32.9 Å². The minimum Gasteiger partial charge on any atom is -0.496 e. The molecule has 0 saturated heterocycles. The van der Waals surface area contributed by atoms with E-state index in [1.807, 2.05) is 13.8 Å². The number of rotatable bonds is 10. The number of carbonyl (C=O) groups excluding carboxylic acids is 2. The van der Waals surface area contributed by atoms with Gasteiger partial charge in [-0.1, -0.05) is 32.0 Å². The standard InChI is InChI=1S/C23H28FNO5/c1-15(2)14-30-21(23(27)29-4)12-17-7-10-20(28-3)19(11-17)22(26)25-13-16-5-8-18(24)9-6-16/h5-11,15,21H,12-14H2,1-4H3,(H,25,26). The van der Waals surface area contributed by atoms with E-state index < -0.39 is 12.1 Å². The molecule has 0 radical (unpaired) electrons. The third-order valence-corrected chi connectivity index (χ3v) is 4.39. The first-order valence-corrected chi connectivity index (χ1v) is 9.73. The number of halogens is 1. The molecule has 0 aliphatic rings. The fraction of sp³-hybridized carbons (Fsp3) is 0.391. The van der Waals surface area contributed by atoms with Gasteiger partial charge in [0, 0.05) is 13.0 Å². The van der Waals surface area contributed by atoms with Gasteiger partial charge in [0.15, 0.2) is 6.10 Å². The van der Waals surface area contributed by atoms with Gasteiger partial charge in [-0.2, -0.15) is 0 Å². The second-order valence-electron chi connectivity index (χ2n) is 7.29. The predicted octanol–water partition coefficient (Wildman–Crippen LogP) is 3.52. The van der Waals surface area contributed by atoms with Crippen molar-refractivity contribution in [3.8, 4) is 5.75 Å². The van der Waals surface area contributed by atoms with Gasteiger partial charge in [0.2, 0.25) is 0 Å². The van der Waals surface area contributed by atoms with Crippen molar-refractivity contribution in [1.29, 1.82) is 0 Å². The lowest BCUT2D eigenvalue weighted by molar-refractivity contribution is -0.154. The normalized spacial score (nSPS) is 11.8. The Morgan fingerprint density at radius 3 is 2.30 bits per heavy atom. The van der Waals surface area contributed by atoms with Crippen LogP contribution < -0.4 is 10.1 Å². The third-order valence-electron chi connectivity index (χ3n) is 4.39. The lowest BCUT2D eigenvalue weighted by Gasteiger charge is -2.18. The molecular weight excluding hydrogens is 389 g/mol. The van der Waals surface area contributed by atoms with Crippen LogP contribution in [0.3, 0.4) is 0 Å². The Balaban J connectivity index is 2.14. The number of benzene rings is 2. The molecule has 0 aliphatic heterocycles. The number of carbonyl (C=O) groups is 2. The van der Waals surface area contributed by atoms with Crippen molar-refractivity contribution in [2.75, 3.05) is 20.8 Å². The number of hydrogen-bond acceptors (Lipinski definition) is 5. The van der Waals surface area contributed by atoms with E-state index in [0.717, 1.165) is 11.1 Å². The van der Waals surface area contributed by atoms with Crippen LogP contribution in [0.25, 0.3) is 0 Å². The Kier molecular flexibility index (Phi) is 8.80. The van der Waals surface area contributed by atoms with E-state index in [0.29, 0.717) is 17.9 Å². The van der Waals surface area contributed by atoms with Gasteiger partial charge >= 0.3 is 5.97 Å². The molecule has 2 aromatic carbocycles. The van der Waals surface area contributed by atoms with E-state index in [1.54, 1.807) is 30.3 Å². The monoisotopic (exact) mass is 417 g/mol. The minimum atomic E-state index is -0.763. The number of methoxy groups -OCH3 is 2. The first kappa shape index (κ1) is 23.3. The summed E-state index contributed by atoms with van der Waals surface area (Å²) in [6, 6.07) is 11.0. The summed E-state index contributed by atoms with van der Waals surface area (Å²) >= 11 is 0. The zero-order valence-corrected chi connectivity index (χ0v) is 17.7. The molecule has 0 bridgehead atoms. The molecule has 0 spiro atoms. The molecule has 0 heterocycles. The van der Waals surface area contributed by atoms with Gasteiger partial charge in [0.1, 0.15) is 11.6 Å². The van der Waals surface area contributed by atoms with Gasteiger partial charge in [-0.15, -0.1) is 0 Å². The largest absolute Gasteiger partial charge is 0.496 e. The summed E-state index contributed by atoms with van der Waals surface area (Å²) in [5.41, 5.74) is 1.85. The number of esters is 1. The third kappa shape index (κ3) is 6.84. The molecule has 1 amide bonds. The highest BCUT2D eigenvalue weighted by Crippen LogP contribution is 2.22. The summed E-state index contributed by atoms with van der Waals surface area (Å²) < 4.78 is 28.9. The lowest BCUT2D eigenvalue weighted by Crippen LogP contribution is -2.29. The summed E-state index contributed by atoms with van der Waals surface area (Å²) in [5.74, 6) is -0.460. The minimum absolute atomic E-state index is 0.245. The van der Waals surface area contributed by atoms with Crippen molar-refractivity contribution >= 4 is 11.9 Å². The molecule has 0 aromatic heterocycles. The number of hydrogen-bond donors (Lipinski definition) is 1. The lowest BCUT2D eigenvalue weighted by atomic mass is 10.0. The number of amides is 1. The molecule has 1 atom stereocenters. The second kappa shape index (κ2) is 11.3. The van der Waals surface area contributed by atoms with Crippen molar-refractivity contribution < 1.29 is 28.2 Å². The van der Waals surface area contributed by atoms with Gasteiger partial charge in [0.25, 0.3) is 5.91 Å². The maximum atomic E-state index is 13.0. The highest BCUT2D eigenvalue weighted by Gasteiger charge is 2.22.